The van der Waals surface area contributed by atoms with Gasteiger partial charge in [0.25, 0.3) is 0 Å². The van der Waals surface area contributed by atoms with E-state index in [2.05, 4.69) is 65.3 Å². The van der Waals surface area contributed by atoms with E-state index in [0.29, 0.717) is 24.0 Å². The quantitative estimate of drug-likeness (QED) is 0.477. The Labute approximate surface area is 209 Å². The number of halogens is 1. The molecule has 4 aliphatic carbocycles. The average Bonchev–Trinajstić information content (AvgIpc) is 3.41. The van der Waals surface area contributed by atoms with Crippen LogP contribution in [-0.4, -0.2) is 53.8 Å². The molecular weight excluding hydrogens is 435 g/mol. The summed E-state index contributed by atoms with van der Waals surface area (Å²) in [7, 11) is 0. The normalized spacial score (nSPS) is 33.8. The van der Waals surface area contributed by atoms with Crippen molar-refractivity contribution in [1.82, 2.24) is 9.80 Å². The van der Waals surface area contributed by atoms with E-state index in [1.165, 1.54) is 42.4 Å². The molecule has 0 radical (unpaired) electrons. The van der Waals surface area contributed by atoms with Gasteiger partial charge in [0.1, 0.15) is 11.9 Å². The third kappa shape index (κ3) is 3.59. The molecule has 2 bridgehead atoms. The van der Waals surface area contributed by atoms with Crippen molar-refractivity contribution in [1.29, 1.82) is 0 Å². The molecule has 0 unspecified atom stereocenters. The molecule has 2 aromatic rings. The second-order valence-electron chi connectivity index (χ2n) is 11.8. The molecule has 4 fully saturated rings. The summed E-state index contributed by atoms with van der Waals surface area (Å²) in [6.45, 7) is 5.00. The summed E-state index contributed by atoms with van der Waals surface area (Å²) in [5.41, 5.74) is 8.11. The van der Waals surface area contributed by atoms with Gasteiger partial charge in [-0.05, 0) is 97.8 Å². The number of ether oxygens (including phenoxy) is 1. The lowest BCUT2D eigenvalue weighted by molar-refractivity contribution is -0.173. The monoisotopic (exact) mass is 472 g/mol. The number of hydrogen-bond donors (Lipinski definition) is 0. The smallest absolute Gasteiger partial charge is 0.119 e. The first-order valence-electron chi connectivity index (χ1n) is 13.8. The minimum Gasteiger partial charge on any atom is -0.489 e. The van der Waals surface area contributed by atoms with Gasteiger partial charge in [0, 0.05) is 31.2 Å². The number of fused-ring (bicyclic) bond motifs is 2. The molecule has 3 nitrogen and oxygen atoms in total. The molecule has 2 aliphatic heterocycles. The molecule has 0 spiro atoms. The van der Waals surface area contributed by atoms with Gasteiger partial charge in [-0.25, -0.2) is 0 Å². The van der Waals surface area contributed by atoms with E-state index < -0.39 is 0 Å². The van der Waals surface area contributed by atoms with E-state index in [-0.39, 0.29) is 12.8 Å². The Morgan fingerprint density at radius 1 is 1.06 bits per heavy atom. The van der Waals surface area contributed by atoms with Crippen LogP contribution < -0.4 is 4.74 Å². The first-order chi connectivity index (χ1) is 17.1. The largest absolute Gasteiger partial charge is 0.489 e. The van der Waals surface area contributed by atoms with Crippen molar-refractivity contribution in [2.24, 2.45) is 5.92 Å². The van der Waals surface area contributed by atoms with Crippen LogP contribution in [0.1, 0.15) is 68.2 Å². The van der Waals surface area contributed by atoms with Crippen LogP contribution in [-0.2, 0) is 6.42 Å². The molecule has 0 aromatic heterocycles. The van der Waals surface area contributed by atoms with E-state index in [9.17, 15) is 4.39 Å². The molecule has 3 atom stereocenters. The van der Waals surface area contributed by atoms with Gasteiger partial charge in [0.05, 0.1) is 12.7 Å². The molecule has 2 heterocycles. The molecular formula is C31H37FN2O. The zero-order valence-electron chi connectivity index (χ0n) is 20.9. The Bertz CT molecular complexity index is 1120. The zero-order valence-corrected chi connectivity index (χ0v) is 20.9. The zero-order chi connectivity index (χ0) is 23.6. The predicted octanol–water partition coefficient (Wildman–Crippen LogP) is 6.20. The molecule has 0 amide bonds. The maximum atomic E-state index is 12.5. The van der Waals surface area contributed by atoms with E-state index in [0.717, 1.165) is 44.1 Å². The Balaban J connectivity index is 1.15. The highest BCUT2D eigenvalue weighted by Gasteiger charge is 2.63. The van der Waals surface area contributed by atoms with Crippen LogP contribution in [0.5, 0.6) is 5.75 Å². The average molecular weight is 473 g/mol. The lowest BCUT2D eigenvalue weighted by Gasteiger charge is -2.70. The van der Waals surface area contributed by atoms with Gasteiger partial charge in [-0.1, -0.05) is 36.4 Å². The standard InChI is InChI=1S/C31H37FN2O/c1-21-15-28-27-6-3-2-5-24(27)16-29(28)30(34(21)31-17-22(18-31)19-31)23-7-9-25(10-8-23)35-26-11-14-33(20-26)13-4-12-32/h2-3,5-10,21-22,26,30H,4,11-20H2,1H3/t21-,22?,26+,30-,31?/m1/s1. The van der Waals surface area contributed by atoms with Crippen molar-refractivity contribution in [2.45, 2.75) is 75.6 Å². The van der Waals surface area contributed by atoms with E-state index >= 15 is 0 Å². The number of nitrogens with zero attached hydrogens (tertiary/aromatic N) is 2. The van der Waals surface area contributed by atoms with Gasteiger partial charge in [-0.15, -0.1) is 0 Å². The van der Waals surface area contributed by atoms with E-state index in [1.54, 1.807) is 11.1 Å². The molecule has 2 aromatic carbocycles. The third-order valence-electron chi connectivity index (χ3n) is 9.58. The second-order valence-corrected chi connectivity index (χ2v) is 11.8. The first kappa shape index (κ1) is 22.1. The minimum atomic E-state index is -0.231. The molecule has 1 saturated heterocycles. The Kier molecular flexibility index (Phi) is 5.33. The van der Waals surface area contributed by atoms with Crippen molar-refractivity contribution in [2.75, 3.05) is 26.3 Å². The molecule has 8 rings (SSSR count). The fourth-order valence-corrected chi connectivity index (χ4v) is 7.93. The second kappa shape index (κ2) is 8.45. The summed E-state index contributed by atoms with van der Waals surface area (Å²) >= 11 is 0. The fraction of sp³-hybridized carbons (Fsp3) is 0.548. The number of rotatable bonds is 7. The summed E-state index contributed by atoms with van der Waals surface area (Å²) in [4.78, 5) is 5.25. The van der Waals surface area contributed by atoms with E-state index in [4.69, 9.17) is 4.74 Å². The van der Waals surface area contributed by atoms with Crippen molar-refractivity contribution < 1.29 is 9.13 Å². The molecule has 184 valence electrons. The van der Waals surface area contributed by atoms with Crippen LogP contribution in [0.2, 0.25) is 0 Å². The third-order valence-corrected chi connectivity index (χ3v) is 9.58. The maximum absolute atomic E-state index is 12.5. The summed E-state index contributed by atoms with van der Waals surface area (Å²) in [5.74, 6) is 1.95. The summed E-state index contributed by atoms with van der Waals surface area (Å²) in [5, 5.41) is 0. The molecule has 35 heavy (non-hydrogen) atoms. The summed E-state index contributed by atoms with van der Waals surface area (Å²) in [6.07, 6.45) is 8.32. The maximum Gasteiger partial charge on any atom is 0.119 e. The topological polar surface area (TPSA) is 15.7 Å². The Morgan fingerprint density at radius 2 is 1.86 bits per heavy atom. The Morgan fingerprint density at radius 3 is 2.60 bits per heavy atom. The summed E-state index contributed by atoms with van der Waals surface area (Å²) in [6, 6.07) is 19.1. The number of alkyl halides is 1. The van der Waals surface area contributed by atoms with Gasteiger partial charge in [0.15, 0.2) is 0 Å². The first-order valence-corrected chi connectivity index (χ1v) is 13.8. The van der Waals surface area contributed by atoms with Crippen LogP contribution in [0.3, 0.4) is 0 Å². The van der Waals surface area contributed by atoms with Crippen LogP contribution in [0.4, 0.5) is 4.39 Å². The fourth-order valence-electron chi connectivity index (χ4n) is 7.93. The van der Waals surface area contributed by atoms with Crippen LogP contribution in [0.25, 0.3) is 5.57 Å². The predicted molar refractivity (Wildman–Crippen MR) is 138 cm³/mol. The Hall–Kier alpha value is -2.17. The SMILES string of the molecule is C[C@@H]1CC2=C(Cc3ccccc32)[C@@H](c2ccc(O[C@H]3CCN(CCCF)C3)cc2)N1C12CC(C1)C2. The number of likely N-dealkylation sites (tertiary alicyclic amines) is 1. The van der Waals surface area contributed by atoms with E-state index in [1.807, 2.05) is 0 Å². The minimum absolute atomic E-state index is 0.214. The van der Waals surface area contributed by atoms with Crippen LogP contribution >= 0.6 is 0 Å². The number of benzene rings is 2. The van der Waals surface area contributed by atoms with Gasteiger partial charge >= 0.3 is 0 Å². The van der Waals surface area contributed by atoms with Gasteiger partial charge in [0.2, 0.25) is 0 Å². The van der Waals surface area contributed by atoms with Gasteiger partial charge < -0.3 is 4.74 Å². The molecule has 0 N–H and O–H groups in total. The van der Waals surface area contributed by atoms with Crippen molar-refractivity contribution in [3.05, 3.63) is 70.8 Å². The van der Waals surface area contributed by atoms with Crippen LogP contribution in [0, 0.1) is 5.92 Å². The highest BCUT2D eigenvalue weighted by atomic mass is 19.1. The molecule has 6 aliphatic rings. The van der Waals surface area contributed by atoms with Gasteiger partial charge in [-0.3, -0.25) is 14.2 Å². The van der Waals surface area contributed by atoms with Crippen molar-refractivity contribution in [3.8, 4) is 5.75 Å². The lowest BCUT2D eigenvalue weighted by Crippen LogP contribution is -2.71. The summed E-state index contributed by atoms with van der Waals surface area (Å²) < 4.78 is 18.9. The molecule has 4 heteroatoms. The van der Waals surface area contributed by atoms with Crippen LogP contribution in [0.15, 0.2) is 54.1 Å². The number of hydrogen-bond acceptors (Lipinski definition) is 3. The highest BCUT2D eigenvalue weighted by Crippen LogP contribution is 2.65. The molecule has 3 saturated carbocycles. The van der Waals surface area contributed by atoms with Crippen molar-refractivity contribution in [3.63, 3.8) is 0 Å². The highest BCUT2D eigenvalue weighted by molar-refractivity contribution is 5.79. The van der Waals surface area contributed by atoms with Gasteiger partial charge in [-0.2, -0.15) is 0 Å². The van der Waals surface area contributed by atoms with Crippen molar-refractivity contribution >= 4 is 5.57 Å². The lowest BCUT2D eigenvalue weighted by atomic mass is 9.48.